The summed E-state index contributed by atoms with van der Waals surface area (Å²) in [5.41, 5.74) is 5.37. The molecule has 4 atom stereocenters. The SMILES string of the molecule is CCCCCCCCC(CC)CCCCCCCCC(=O)OC[C@H](COP(=O)(O)OCCN)OC(=O)CCCCCCCCC(CC)CCCCCCCC. The summed E-state index contributed by atoms with van der Waals surface area (Å²) in [7, 11) is -4.38. The first-order valence-electron chi connectivity index (χ1n) is 23.4. The van der Waals surface area contributed by atoms with E-state index < -0.39 is 26.5 Å². The predicted molar refractivity (Wildman–Crippen MR) is 229 cm³/mol. The van der Waals surface area contributed by atoms with Crippen molar-refractivity contribution in [2.45, 2.75) is 239 Å². The van der Waals surface area contributed by atoms with Gasteiger partial charge in [-0.1, -0.05) is 207 Å². The van der Waals surface area contributed by atoms with Crippen LogP contribution in [0.3, 0.4) is 0 Å². The molecule has 0 saturated carbocycles. The molecule has 0 aliphatic rings. The second kappa shape index (κ2) is 39.8. The van der Waals surface area contributed by atoms with E-state index in [1.807, 2.05) is 0 Å². The highest BCUT2D eigenvalue weighted by atomic mass is 31.2. The van der Waals surface area contributed by atoms with Crippen LogP contribution in [0.1, 0.15) is 233 Å². The van der Waals surface area contributed by atoms with Gasteiger partial charge in [-0.25, -0.2) is 4.57 Å². The van der Waals surface area contributed by atoms with Gasteiger partial charge in [-0.15, -0.1) is 0 Å². The van der Waals surface area contributed by atoms with Crippen LogP contribution in [0.4, 0.5) is 0 Å². The number of hydrogen-bond acceptors (Lipinski definition) is 8. The first kappa shape index (κ1) is 54.0. The molecule has 0 fully saturated rings. The van der Waals surface area contributed by atoms with Crippen LogP contribution in [0.5, 0.6) is 0 Å². The van der Waals surface area contributed by atoms with Crippen LogP contribution >= 0.6 is 7.82 Å². The van der Waals surface area contributed by atoms with Crippen LogP contribution in [0.25, 0.3) is 0 Å². The Morgan fingerprint density at radius 1 is 0.527 bits per heavy atom. The number of nitrogens with two attached hydrogens (primary N) is 1. The molecule has 9 nitrogen and oxygen atoms in total. The Kier molecular flexibility index (Phi) is 39.1. The van der Waals surface area contributed by atoms with E-state index >= 15 is 0 Å². The van der Waals surface area contributed by atoms with Gasteiger partial charge in [0.05, 0.1) is 13.2 Å². The van der Waals surface area contributed by atoms with E-state index in [0.717, 1.165) is 43.9 Å². The molecule has 3 unspecified atom stereocenters. The van der Waals surface area contributed by atoms with Crippen LogP contribution in [-0.2, 0) is 32.7 Å². The summed E-state index contributed by atoms with van der Waals surface area (Å²) in [6, 6.07) is 0. The fourth-order valence-electron chi connectivity index (χ4n) is 7.35. The maximum absolute atomic E-state index is 12.7. The number of esters is 2. The zero-order chi connectivity index (χ0) is 40.7. The summed E-state index contributed by atoms with van der Waals surface area (Å²) < 4.78 is 33.0. The fraction of sp³-hybridized carbons (Fsp3) is 0.956. The smallest absolute Gasteiger partial charge is 0.462 e. The number of unbranched alkanes of at least 4 members (excludes halogenated alkanes) is 20. The number of phosphoric acid groups is 1. The number of carbonyl (C=O) groups is 2. The van der Waals surface area contributed by atoms with Crippen molar-refractivity contribution in [2.75, 3.05) is 26.4 Å². The summed E-state index contributed by atoms with van der Waals surface area (Å²) in [6.45, 7) is 8.42. The van der Waals surface area contributed by atoms with E-state index in [2.05, 4.69) is 27.7 Å². The predicted octanol–water partition coefficient (Wildman–Crippen LogP) is 13.3. The Bertz CT molecular complexity index is 906. The highest BCUT2D eigenvalue weighted by Gasteiger charge is 2.26. The fourth-order valence-corrected chi connectivity index (χ4v) is 8.12. The molecular weight excluding hydrogens is 713 g/mol. The third kappa shape index (κ3) is 37.1. The molecule has 55 heavy (non-hydrogen) atoms. The van der Waals surface area contributed by atoms with Crippen LogP contribution in [0.2, 0.25) is 0 Å². The molecule has 0 aromatic carbocycles. The van der Waals surface area contributed by atoms with Crippen molar-refractivity contribution < 1.29 is 37.6 Å². The van der Waals surface area contributed by atoms with E-state index in [1.165, 1.54) is 154 Å². The average Bonchev–Trinajstić information content (AvgIpc) is 3.17. The number of rotatable bonds is 43. The minimum atomic E-state index is -4.38. The largest absolute Gasteiger partial charge is 0.472 e. The number of hydrogen-bond donors (Lipinski definition) is 2. The quantitative estimate of drug-likeness (QED) is 0.0351. The van der Waals surface area contributed by atoms with Crippen LogP contribution in [-0.4, -0.2) is 49.3 Å². The first-order chi connectivity index (χ1) is 26.7. The summed E-state index contributed by atoms with van der Waals surface area (Å²) in [5, 5.41) is 0. The molecule has 328 valence electrons. The van der Waals surface area contributed by atoms with Gasteiger partial charge in [0.1, 0.15) is 6.61 Å². The lowest BCUT2D eigenvalue weighted by molar-refractivity contribution is -0.161. The van der Waals surface area contributed by atoms with Crippen molar-refractivity contribution in [3.63, 3.8) is 0 Å². The highest BCUT2D eigenvalue weighted by Crippen LogP contribution is 2.43. The Morgan fingerprint density at radius 2 is 0.909 bits per heavy atom. The second-order valence-corrected chi connectivity index (χ2v) is 17.6. The van der Waals surface area contributed by atoms with Crippen molar-refractivity contribution >= 4 is 19.8 Å². The van der Waals surface area contributed by atoms with Crippen molar-refractivity contribution in [3.8, 4) is 0 Å². The van der Waals surface area contributed by atoms with Gasteiger partial charge in [0.25, 0.3) is 0 Å². The van der Waals surface area contributed by atoms with Gasteiger partial charge >= 0.3 is 19.8 Å². The zero-order valence-electron chi connectivity index (χ0n) is 36.5. The minimum absolute atomic E-state index is 0.0566. The molecule has 0 aromatic rings. The molecule has 0 heterocycles. The third-order valence-corrected chi connectivity index (χ3v) is 12.1. The highest BCUT2D eigenvalue weighted by molar-refractivity contribution is 7.47. The summed E-state index contributed by atoms with van der Waals surface area (Å²) >= 11 is 0. The first-order valence-corrected chi connectivity index (χ1v) is 24.9. The van der Waals surface area contributed by atoms with Gasteiger partial charge in [0, 0.05) is 19.4 Å². The number of ether oxygens (including phenoxy) is 2. The van der Waals surface area contributed by atoms with E-state index in [0.29, 0.717) is 6.42 Å². The molecule has 0 saturated heterocycles. The van der Waals surface area contributed by atoms with Crippen LogP contribution in [0, 0.1) is 11.8 Å². The minimum Gasteiger partial charge on any atom is -0.462 e. The molecule has 0 bridgehead atoms. The lowest BCUT2D eigenvalue weighted by Crippen LogP contribution is -2.29. The maximum Gasteiger partial charge on any atom is 0.472 e. The molecule has 0 radical (unpaired) electrons. The Balaban J connectivity index is 4.31. The summed E-state index contributed by atoms with van der Waals surface area (Å²) in [4.78, 5) is 35.1. The van der Waals surface area contributed by atoms with E-state index in [-0.39, 0.29) is 38.6 Å². The van der Waals surface area contributed by atoms with Gasteiger partial charge in [0.15, 0.2) is 6.10 Å². The topological polar surface area (TPSA) is 134 Å². The van der Waals surface area contributed by atoms with Crippen molar-refractivity contribution in [2.24, 2.45) is 17.6 Å². The van der Waals surface area contributed by atoms with Crippen molar-refractivity contribution in [1.82, 2.24) is 0 Å². The van der Waals surface area contributed by atoms with E-state index in [9.17, 15) is 19.0 Å². The average molecular weight is 804 g/mol. The van der Waals surface area contributed by atoms with E-state index in [4.69, 9.17) is 24.3 Å². The van der Waals surface area contributed by atoms with Gasteiger partial charge in [-0.05, 0) is 24.7 Å². The molecule has 0 aliphatic heterocycles. The molecule has 10 heteroatoms. The number of phosphoric ester groups is 1. The van der Waals surface area contributed by atoms with Gasteiger partial charge in [-0.2, -0.15) is 0 Å². The molecule has 0 spiro atoms. The van der Waals surface area contributed by atoms with Crippen LogP contribution < -0.4 is 5.73 Å². The maximum atomic E-state index is 12.7. The molecular formula is C45H90NO8P. The molecule has 0 amide bonds. The number of carbonyl (C=O) groups excluding carboxylic acids is 2. The summed E-state index contributed by atoms with van der Waals surface area (Å²) in [5.74, 6) is 0.904. The van der Waals surface area contributed by atoms with Crippen molar-refractivity contribution in [3.05, 3.63) is 0 Å². The van der Waals surface area contributed by atoms with Gasteiger partial charge in [-0.3, -0.25) is 18.6 Å². The summed E-state index contributed by atoms with van der Waals surface area (Å²) in [6.07, 6.45) is 36.8. The van der Waals surface area contributed by atoms with Gasteiger partial charge in [0.2, 0.25) is 0 Å². The Hall–Kier alpha value is -0.990. The van der Waals surface area contributed by atoms with Crippen molar-refractivity contribution in [1.29, 1.82) is 0 Å². The van der Waals surface area contributed by atoms with E-state index in [1.54, 1.807) is 0 Å². The Morgan fingerprint density at radius 3 is 1.31 bits per heavy atom. The monoisotopic (exact) mass is 804 g/mol. The normalized spacial score (nSPS) is 14.4. The molecule has 0 aromatic heterocycles. The van der Waals surface area contributed by atoms with Crippen LogP contribution in [0.15, 0.2) is 0 Å². The zero-order valence-corrected chi connectivity index (χ0v) is 37.4. The third-order valence-electron chi connectivity index (χ3n) is 11.1. The molecule has 0 rings (SSSR count). The Labute approximate surface area is 339 Å². The van der Waals surface area contributed by atoms with Gasteiger partial charge < -0.3 is 20.1 Å². The second-order valence-electron chi connectivity index (χ2n) is 16.2. The lowest BCUT2D eigenvalue weighted by atomic mass is 9.92. The lowest BCUT2D eigenvalue weighted by Gasteiger charge is -2.20. The molecule has 3 N–H and O–H groups in total. The standard InChI is InChI=1S/C45H90NO8P/c1-5-9-11-13-19-25-31-41(7-3)33-27-21-15-17-23-29-35-44(47)51-39-43(40-53-55(49,50)52-38-37-46)54-45(48)36-30-24-18-16-22-28-34-42(8-4)32-26-20-14-12-10-6-2/h41-43H,5-40,46H2,1-4H3,(H,49,50)/t41?,42?,43-/m1/s1. The molecule has 0 aliphatic carbocycles.